The monoisotopic (exact) mass is 345 g/mol. The van der Waals surface area contributed by atoms with Gasteiger partial charge in [0.25, 0.3) is 0 Å². The van der Waals surface area contributed by atoms with Crippen LogP contribution in [0.5, 0.6) is 0 Å². The summed E-state index contributed by atoms with van der Waals surface area (Å²) in [6.45, 7) is 0.113. The van der Waals surface area contributed by atoms with Gasteiger partial charge in [-0.2, -0.15) is 0 Å². The Kier molecular flexibility index (Phi) is 4.90. The van der Waals surface area contributed by atoms with Gasteiger partial charge < -0.3 is 9.15 Å². The largest absolute Gasteiger partial charge is 0.465 e. The number of nitrogens with zero attached hydrogens (tertiary/aromatic N) is 1. The number of thiazole rings is 1. The van der Waals surface area contributed by atoms with Gasteiger partial charge >= 0.3 is 5.97 Å². The lowest BCUT2D eigenvalue weighted by molar-refractivity contribution is -0.139. The first-order chi connectivity index (χ1) is 11.2. The van der Waals surface area contributed by atoms with Gasteiger partial charge in [0.1, 0.15) is 17.4 Å². The minimum Gasteiger partial charge on any atom is -0.465 e. The molecular weight excluding hydrogens is 334 g/mol. The fraction of sp³-hybridized carbons (Fsp3) is 0.0588. The van der Waals surface area contributed by atoms with Crippen LogP contribution in [0.25, 0.3) is 16.6 Å². The number of hydrogen-bond acceptors (Lipinski definition) is 5. The highest BCUT2D eigenvalue weighted by atomic mass is 35.5. The van der Waals surface area contributed by atoms with Gasteiger partial charge in [-0.3, -0.25) is 0 Å². The van der Waals surface area contributed by atoms with Crippen molar-refractivity contribution < 1.29 is 13.9 Å². The zero-order valence-electron chi connectivity index (χ0n) is 11.9. The van der Waals surface area contributed by atoms with Crippen LogP contribution in [-0.4, -0.2) is 11.0 Å². The molecule has 0 aliphatic carbocycles. The average Bonchev–Trinajstić information content (AvgIpc) is 3.23. The summed E-state index contributed by atoms with van der Waals surface area (Å²) >= 11 is 7.61. The Bertz CT molecular complexity index is 824. The second kappa shape index (κ2) is 7.26. The summed E-state index contributed by atoms with van der Waals surface area (Å²) in [6.07, 6.45) is 4.41. The van der Waals surface area contributed by atoms with Gasteiger partial charge in [-0.15, -0.1) is 11.3 Å². The zero-order valence-corrected chi connectivity index (χ0v) is 13.5. The Morgan fingerprint density at radius 2 is 2.17 bits per heavy atom. The van der Waals surface area contributed by atoms with Gasteiger partial charge in [0.2, 0.25) is 0 Å². The lowest BCUT2D eigenvalue weighted by Gasteiger charge is -1.99. The van der Waals surface area contributed by atoms with Crippen molar-refractivity contribution in [3.8, 4) is 10.6 Å². The Morgan fingerprint density at radius 3 is 2.96 bits per heavy atom. The number of benzene rings is 1. The number of carbonyl (C=O) groups is 1. The molecule has 0 N–H and O–H groups in total. The Balaban J connectivity index is 1.59. The van der Waals surface area contributed by atoms with Crippen LogP contribution in [0.3, 0.4) is 0 Å². The molecule has 2 aromatic heterocycles. The second-order valence-corrected chi connectivity index (χ2v) is 5.85. The number of rotatable bonds is 5. The van der Waals surface area contributed by atoms with Gasteiger partial charge in [-0.25, -0.2) is 9.78 Å². The highest BCUT2D eigenvalue weighted by Crippen LogP contribution is 2.30. The van der Waals surface area contributed by atoms with E-state index in [2.05, 4.69) is 4.98 Å². The van der Waals surface area contributed by atoms with E-state index in [-0.39, 0.29) is 6.61 Å². The molecule has 0 fully saturated rings. The van der Waals surface area contributed by atoms with Crippen molar-refractivity contribution in [3.05, 3.63) is 70.6 Å². The molecule has 0 bridgehead atoms. The number of furan rings is 1. The Morgan fingerprint density at radius 1 is 1.30 bits per heavy atom. The summed E-state index contributed by atoms with van der Waals surface area (Å²) in [5, 5.41) is 3.29. The molecule has 0 saturated carbocycles. The summed E-state index contributed by atoms with van der Waals surface area (Å²) in [7, 11) is 0. The molecule has 0 spiro atoms. The van der Waals surface area contributed by atoms with Crippen LogP contribution in [0, 0.1) is 0 Å². The smallest absolute Gasteiger partial charge is 0.331 e. The maximum absolute atomic E-state index is 11.6. The van der Waals surface area contributed by atoms with Crippen LogP contribution in [0.1, 0.15) is 11.5 Å². The molecule has 3 aromatic rings. The number of ether oxygens (including phenoxy) is 1. The van der Waals surface area contributed by atoms with E-state index < -0.39 is 5.97 Å². The molecule has 116 valence electrons. The van der Waals surface area contributed by atoms with E-state index in [4.69, 9.17) is 20.8 Å². The first kappa shape index (κ1) is 15.5. The minimum absolute atomic E-state index is 0.113. The van der Waals surface area contributed by atoms with E-state index in [1.165, 1.54) is 23.7 Å². The molecule has 0 atom stereocenters. The molecule has 2 heterocycles. The quantitative estimate of drug-likeness (QED) is 0.491. The van der Waals surface area contributed by atoms with Crippen molar-refractivity contribution in [2.45, 2.75) is 6.61 Å². The zero-order chi connectivity index (χ0) is 16.1. The van der Waals surface area contributed by atoms with Crippen LogP contribution in [0.2, 0.25) is 5.02 Å². The van der Waals surface area contributed by atoms with E-state index in [1.807, 2.05) is 29.6 Å². The molecule has 0 aliphatic heterocycles. The standard InChI is InChI=1S/C17H12ClNO3S/c18-15-6-2-1-5-14(15)17-19-12(11-23-17)10-22-16(20)8-7-13-4-3-9-21-13/h1-9,11H,10H2/b8-7+. The van der Waals surface area contributed by atoms with Crippen LogP contribution < -0.4 is 0 Å². The molecular formula is C17H12ClNO3S. The molecule has 3 rings (SSSR count). The van der Waals surface area contributed by atoms with E-state index in [0.29, 0.717) is 16.5 Å². The number of hydrogen-bond donors (Lipinski definition) is 0. The third kappa shape index (κ3) is 4.09. The summed E-state index contributed by atoms with van der Waals surface area (Å²) < 4.78 is 10.2. The van der Waals surface area contributed by atoms with Crippen LogP contribution >= 0.6 is 22.9 Å². The third-order valence-electron chi connectivity index (χ3n) is 2.95. The maximum Gasteiger partial charge on any atom is 0.331 e. The van der Waals surface area contributed by atoms with Crippen LogP contribution in [-0.2, 0) is 16.1 Å². The fourth-order valence-electron chi connectivity index (χ4n) is 1.86. The van der Waals surface area contributed by atoms with Gasteiger partial charge in [-0.1, -0.05) is 29.8 Å². The summed E-state index contributed by atoms with van der Waals surface area (Å²) in [6, 6.07) is 11.0. The van der Waals surface area contributed by atoms with Gasteiger partial charge in [-0.05, 0) is 24.3 Å². The summed E-state index contributed by atoms with van der Waals surface area (Å²) in [5.74, 6) is 0.144. The van der Waals surface area contributed by atoms with Crippen LogP contribution in [0.4, 0.5) is 0 Å². The molecule has 0 aliphatic rings. The molecule has 4 nitrogen and oxygen atoms in total. The Hall–Kier alpha value is -2.37. The normalized spacial score (nSPS) is 11.0. The van der Waals surface area contributed by atoms with E-state index in [9.17, 15) is 4.79 Å². The van der Waals surface area contributed by atoms with Crippen molar-refractivity contribution in [1.29, 1.82) is 0 Å². The molecule has 0 unspecified atom stereocenters. The van der Waals surface area contributed by atoms with Crippen molar-refractivity contribution in [2.75, 3.05) is 0 Å². The van der Waals surface area contributed by atoms with Crippen molar-refractivity contribution in [3.63, 3.8) is 0 Å². The highest BCUT2D eigenvalue weighted by molar-refractivity contribution is 7.13. The van der Waals surface area contributed by atoms with Gasteiger partial charge in [0, 0.05) is 17.0 Å². The molecule has 6 heteroatoms. The lowest BCUT2D eigenvalue weighted by atomic mass is 10.2. The SMILES string of the molecule is O=C(/C=C/c1ccco1)OCc1csc(-c2ccccc2Cl)n1. The molecule has 23 heavy (non-hydrogen) atoms. The summed E-state index contributed by atoms with van der Waals surface area (Å²) in [5.41, 5.74) is 1.55. The molecule has 0 amide bonds. The minimum atomic E-state index is -0.450. The first-order valence-corrected chi connectivity index (χ1v) is 8.06. The van der Waals surface area contributed by atoms with E-state index >= 15 is 0 Å². The van der Waals surface area contributed by atoms with E-state index in [1.54, 1.807) is 18.2 Å². The second-order valence-electron chi connectivity index (χ2n) is 4.58. The highest BCUT2D eigenvalue weighted by Gasteiger charge is 2.09. The predicted molar refractivity (Wildman–Crippen MR) is 90.1 cm³/mol. The van der Waals surface area contributed by atoms with Gasteiger partial charge in [0.05, 0.1) is 17.0 Å². The van der Waals surface area contributed by atoms with Crippen molar-refractivity contribution in [1.82, 2.24) is 4.98 Å². The number of carbonyl (C=O) groups excluding carboxylic acids is 1. The fourth-order valence-corrected chi connectivity index (χ4v) is 2.99. The van der Waals surface area contributed by atoms with Crippen molar-refractivity contribution in [2.24, 2.45) is 0 Å². The van der Waals surface area contributed by atoms with Gasteiger partial charge in [0.15, 0.2) is 0 Å². The molecule has 0 radical (unpaired) electrons. The third-order valence-corrected chi connectivity index (χ3v) is 4.20. The van der Waals surface area contributed by atoms with Crippen LogP contribution in [0.15, 0.2) is 58.5 Å². The molecule has 0 saturated heterocycles. The summed E-state index contributed by atoms with van der Waals surface area (Å²) in [4.78, 5) is 16.1. The van der Waals surface area contributed by atoms with E-state index in [0.717, 1.165) is 10.6 Å². The topological polar surface area (TPSA) is 52.3 Å². The number of aromatic nitrogens is 1. The molecule has 1 aromatic carbocycles. The average molecular weight is 346 g/mol. The van der Waals surface area contributed by atoms with Crippen molar-refractivity contribution >= 4 is 35.0 Å². The maximum atomic E-state index is 11.6. The number of esters is 1. The predicted octanol–water partition coefficient (Wildman–Crippen LogP) is 4.81. The first-order valence-electron chi connectivity index (χ1n) is 6.80. The lowest BCUT2D eigenvalue weighted by Crippen LogP contribution is -2.00. The Labute approximate surface area is 142 Å². The number of halogens is 1.